The molecular weight excluding hydrogens is 285 g/mol. The minimum atomic E-state index is -0.0511. The number of hydrogen-bond donors (Lipinski definition) is 0. The van der Waals surface area contributed by atoms with E-state index in [2.05, 4.69) is 18.1 Å². The zero-order valence-corrected chi connectivity index (χ0v) is 13.8. The topological polar surface area (TPSA) is 39.2 Å². The number of aromatic nitrogens is 1. The van der Waals surface area contributed by atoms with E-state index in [9.17, 15) is 4.79 Å². The summed E-state index contributed by atoms with van der Waals surface area (Å²) in [6, 6.07) is 3.63. The molecule has 4 heteroatoms. The number of carbonyl (C=O) groups is 1. The maximum atomic E-state index is 12.2. The van der Waals surface area contributed by atoms with Gasteiger partial charge in [-0.05, 0) is 43.4 Å². The molecule has 0 unspecified atom stereocenters. The Morgan fingerprint density at radius 1 is 1.30 bits per heavy atom. The summed E-state index contributed by atoms with van der Waals surface area (Å²) < 4.78 is 5.56. The minimum Gasteiger partial charge on any atom is -0.502 e. The first-order chi connectivity index (χ1) is 11.2. The zero-order chi connectivity index (χ0) is 17.1. The Morgan fingerprint density at radius 3 is 2.70 bits per heavy atom. The zero-order valence-electron chi connectivity index (χ0n) is 13.8. The Morgan fingerprint density at radius 2 is 2.09 bits per heavy atom. The summed E-state index contributed by atoms with van der Waals surface area (Å²) in [5, 5.41) is 1.72. The fourth-order valence-corrected chi connectivity index (χ4v) is 1.95. The molecule has 3 nitrogen and oxygen atoms in total. The van der Waals surface area contributed by atoms with Gasteiger partial charge in [-0.2, -0.15) is 0 Å². The summed E-state index contributed by atoms with van der Waals surface area (Å²) in [5.74, 6) is 0.680. The van der Waals surface area contributed by atoms with Gasteiger partial charge in [0, 0.05) is 0 Å². The van der Waals surface area contributed by atoms with Gasteiger partial charge in [0.25, 0.3) is 7.28 Å². The van der Waals surface area contributed by atoms with Crippen molar-refractivity contribution in [2.75, 3.05) is 6.51 Å². The van der Waals surface area contributed by atoms with Gasteiger partial charge in [0.1, 0.15) is 11.4 Å². The molecule has 0 amide bonds. The molecule has 23 heavy (non-hydrogen) atoms. The average molecular weight is 307 g/mol. The Labute approximate surface area is 138 Å². The predicted molar refractivity (Wildman–Crippen MR) is 98.8 cm³/mol. The number of nitrogens with zero attached hydrogens (tertiary/aromatic N) is 1. The van der Waals surface area contributed by atoms with E-state index in [0.717, 1.165) is 10.6 Å². The van der Waals surface area contributed by atoms with Crippen molar-refractivity contribution in [3.8, 4) is 0 Å². The average Bonchev–Trinajstić information content (AvgIpc) is 2.55. The van der Waals surface area contributed by atoms with Crippen molar-refractivity contribution >= 4 is 25.1 Å². The van der Waals surface area contributed by atoms with Crippen LogP contribution in [0.15, 0.2) is 61.4 Å². The van der Waals surface area contributed by atoms with Gasteiger partial charge in [-0.15, -0.1) is 0 Å². The van der Waals surface area contributed by atoms with E-state index in [1.807, 2.05) is 38.1 Å². The van der Waals surface area contributed by atoms with Crippen molar-refractivity contribution in [2.45, 2.75) is 13.8 Å². The first kappa shape index (κ1) is 18.4. The van der Waals surface area contributed by atoms with E-state index in [1.165, 1.54) is 0 Å². The van der Waals surface area contributed by atoms with Crippen molar-refractivity contribution in [2.24, 2.45) is 0 Å². The summed E-state index contributed by atoms with van der Waals surface area (Å²) in [6.45, 7) is 11.4. The molecule has 0 aliphatic rings. The van der Waals surface area contributed by atoms with Crippen LogP contribution in [-0.4, -0.2) is 24.5 Å². The molecule has 1 rings (SSSR count). The van der Waals surface area contributed by atoms with Crippen LogP contribution in [0.5, 0.6) is 0 Å². The van der Waals surface area contributed by atoms with Gasteiger partial charge in [0.2, 0.25) is 0 Å². The minimum absolute atomic E-state index is 0.0511. The van der Waals surface area contributed by atoms with Crippen molar-refractivity contribution < 1.29 is 9.53 Å². The maximum absolute atomic E-state index is 12.2. The van der Waals surface area contributed by atoms with E-state index in [4.69, 9.17) is 4.74 Å². The second-order valence-electron chi connectivity index (χ2n) is 4.69. The molecule has 0 aliphatic carbocycles. The normalized spacial score (nSPS) is 13.2. The molecule has 0 atom stereocenters. The smallest absolute Gasteiger partial charge is 0.259 e. The molecule has 0 spiro atoms. The monoisotopic (exact) mass is 307 g/mol. The van der Waals surface area contributed by atoms with Crippen LogP contribution in [-0.2, 0) is 4.74 Å². The highest BCUT2D eigenvalue weighted by molar-refractivity contribution is 6.77. The second-order valence-corrected chi connectivity index (χ2v) is 4.69. The molecule has 0 N–H and O–H groups in total. The lowest BCUT2D eigenvalue weighted by Gasteiger charge is -2.05. The molecule has 0 radical (unpaired) electrons. The van der Waals surface area contributed by atoms with Crippen LogP contribution < -0.4 is 10.6 Å². The Balaban J connectivity index is 2.81. The molecule has 0 saturated carbocycles. The van der Waals surface area contributed by atoms with E-state index >= 15 is 0 Å². The quantitative estimate of drug-likeness (QED) is 0.419. The van der Waals surface area contributed by atoms with E-state index in [0.29, 0.717) is 18.0 Å². The lowest BCUT2D eigenvalue weighted by atomic mass is 9.73. The Bertz CT molecular complexity index is 745. The van der Waals surface area contributed by atoms with Crippen LogP contribution in [0.25, 0.3) is 12.2 Å². The Kier molecular flexibility index (Phi) is 8.15. The van der Waals surface area contributed by atoms with Gasteiger partial charge in [-0.3, -0.25) is 0 Å². The van der Waals surface area contributed by atoms with E-state index in [-0.39, 0.29) is 13.0 Å². The summed E-state index contributed by atoms with van der Waals surface area (Å²) in [7, 11) is 0.266. The third-order valence-electron chi connectivity index (χ3n) is 3.04. The molecular formula is C19H22BNO2. The van der Waals surface area contributed by atoms with E-state index < -0.39 is 0 Å². The second kappa shape index (κ2) is 10.2. The Hall–Kier alpha value is -2.62. The number of ether oxygens (including phenoxy) is 1. The maximum Gasteiger partial charge on any atom is 0.259 e. The molecule has 0 saturated heterocycles. The van der Waals surface area contributed by atoms with Gasteiger partial charge in [-0.25, -0.2) is 4.98 Å². The summed E-state index contributed by atoms with van der Waals surface area (Å²) in [4.78, 5) is 16.6. The number of allylic oxidation sites excluding steroid dienone is 5. The van der Waals surface area contributed by atoms with Crippen molar-refractivity contribution in [1.82, 2.24) is 4.98 Å². The van der Waals surface area contributed by atoms with Crippen LogP contribution >= 0.6 is 0 Å². The molecule has 0 fully saturated rings. The first-order valence-corrected chi connectivity index (χ1v) is 7.53. The largest absolute Gasteiger partial charge is 0.502 e. The first-order valence-electron chi connectivity index (χ1n) is 7.53. The lowest BCUT2D eigenvalue weighted by molar-refractivity contribution is 0.106. The van der Waals surface area contributed by atoms with Crippen LogP contribution in [0.4, 0.5) is 0 Å². The van der Waals surface area contributed by atoms with Gasteiger partial charge in [0.05, 0.1) is 17.5 Å². The van der Waals surface area contributed by atoms with E-state index in [1.54, 1.807) is 30.4 Å². The molecule has 1 aromatic rings. The fraction of sp³-hybridized carbons (Fsp3) is 0.158. The molecule has 118 valence electrons. The summed E-state index contributed by atoms with van der Waals surface area (Å²) in [6.07, 6.45) is 12.5. The molecule has 1 aromatic heterocycles. The van der Waals surface area contributed by atoms with Crippen LogP contribution in [0, 0.1) is 0 Å². The molecule has 0 aliphatic heterocycles. The number of pyridine rings is 1. The highest BCUT2D eigenvalue weighted by Crippen LogP contribution is 2.00. The van der Waals surface area contributed by atoms with Crippen molar-refractivity contribution in [3.05, 3.63) is 77.7 Å². The van der Waals surface area contributed by atoms with Gasteiger partial charge >= 0.3 is 0 Å². The SMILES string of the molecule is C=C/C=C(\C=C/C)OCBC(=O)c1ccc(=C/C)/c(=C\C=C)n1. The molecule has 0 aromatic carbocycles. The highest BCUT2D eigenvalue weighted by atomic mass is 16.5. The number of carbonyl (C=O) groups excluding carboxylic acids is 1. The summed E-state index contributed by atoms with van der Waals surface area (Å²) >= 11 is 0. The van der Waals surface area contributed by atoms with Crippen LogP contribution in [0.2, 0.25) is 0 Å². The molecule has 1 heterocycles. The van der Waals surface area contributed by atoms with Crippen LogP contribution in [0.1, 0.15) is 24.3 Å². The number of hydrogen-bond acceptors (Lipinski definition) is 3. The summed E-state index contributed by atoms with van der Waals surface area (Å²) in [5.41, 5.74) is 0.386. The fourth-order valence-electron chi connectivity index (χ4n) is 1.95. The number of rotatable bonds is 8. The van der Waals surface area contributed by atoms with Gasteiger partial charge < -0.3 is 9.53 Å². The van der Waals surface area contributed by atoms with Gasteiger partial charge in [-0.1, -0.05) is 43.5 Å². The third kappa shape index (κ3) is 5.95. The third-order valence-corrected chi connectivity index (χ3v) is 3.04. The standard InChI is InChI=1S/C19H22BNO2/c1-5-9-16(10-6-2)23-14-20-19(22)18-13-12-15(8-4)17(21-18)11-7-3/h5-13,20H,1,3,14H2,2,4H3/b10-6-,15-8-,16-9+,17-11+. The predicted octanol–water partition coefficient (Wildman–Crippen LogP) is 2.05. The van der Waals surface area contributed by atoms with Gasteiger partial charge in [0.15, 0.2) is 0 Å². The lowest BCUT2D eigenvalue weighted by Crippen LogP contribution is -2.31. The highest BCUT2D eigenvalue weighted by Gasteiger charge is 2.10. The van der Waals surface area contributed by atoms with Crippen LogP contribution in [0.3, 0.4) is 0 Å². The van der Waals surface area contributed by atoms with Crippen molar-refractivity contribution in [1.29, 1.82) is 0 Å². The van der Waals surface area contributed by atoms with Crippen molar-refractivity contribution in [3.63, 3.8) is 0 Å². The molecule has 0 bridgehead atoms.